The van der Waals surface area contributed by atoms with Crippen LogP contribution >= 0.6 is 0 Å². The van der Waals surface area contributed by atoms with Crippen molar-refractivity contribution in [2.24, 2.45) is 5.73 Å². The number of allylic oxidation sites excluding steroid dienone is 1. The standard InChI is InChI=1S/C17H24N2O3/c1-17(2,3)22-16(21)19-14(12-15(18)20)11-7-10-13-8-5-4-6-9-13/h4-6,8-9,12H,7,10-11H2,1-3H3,(H2,18,20)(H,19,21)/b14-12+. The van der Waals surface area contributed by atoms with Crippen LogP contribution in [0.1, 0.15) is 39.2 Å². The van der Waals surface area contributed by atoms with Crippen molar-refractivity contribution in [3.63, 3.8) is 0 Å². The minimum absolute atomic E-state index is 0.470. The summed E-state index contributed by atoms with van der Waals surface area (Å²) in [5.74, 6) is -0.592. The number of carbonyl (C=O) groups is 2. The predicted molar refractivity (Wildman–Crippen MR) is 86.0 cm³/mol. The van der Waals surface area contributed by atoms with Crippen LogP contribution in [0.5, 0.6) is 0 Å². The number of nitrogens with two attached hydrogens (primary N) is 1. The molecule has 2 amide bonds. The van der Waals surface area contributed by atoms with E-state index in [0.717, 1.165) is 12.8 Å². The van der Waals surface area contributed by atoms with Gasteiger partial charge in [0.2, 0.25) is 5.91 Å². The number of aryl methyl sites for hydroxylation is 1. The Morgan fingerprint density at radius 2 is 1.86 bits per heavy atom. The second-order valence-electron chi connectivity index (χ2n) is 6.04. The number of ether oxygens (including phenoxy) is 1. The van der Waals surface area contributed by atoms with Crippen LogP contribution in [-0.2, 0) is 16.0 Å². The molecule has 0 fully saturated rings. The van der Waals surface area contributed by atoms with Crippen molar-refractivity contribution in [1.82, 2.24) is 5.32 Å². The smallest absolute Gasteiger partial charge is 0.411 e. The third kappa shape index (κ3) is 8.09. The van der Waals surface area contributed by atoms with Gasteiger partial charge >= 0.3 is 6.09 Å². The summed E-state index contributed by atoms with van der Waals surface area (Å²) in [4.78, 5) is 22.8. The lowest BCUT2D eigenvalue weighted by atomic mass is 10.1. The number of primary amides is 1. The number of alkyl carbamates (subject to hydrolysis) is 1. The maximum atomic E-state index is 11.8. The number of benzene rings is 1. The summed E-state index contributed by atoms with van der Waals surface area (Å²) in [6, 6.07) is 10.0. The van der Waals surface area contributed by atoms with Crippen molar-refractivity contribution in [1.29, 1.82) is 0 Å². The zero-order chi connectivity index (χ0) is 16.6. The van der Waals surface area contributed by atoms with E-state index < -0.39 is 17.6 Å². The lowest BCUT2D eigenvalue weighted by molar-refractivity contribution is -0.113. The van der Waals surface area contributed by atoms with Gasteiger partial charge < -0.3 is 10.5 Å². The van der Waals surface area contributed by atoms with Crippen LogP contribution in [0.2, 0.25) is 0 Å². The highest BCUT2D eigenvalue weighted by molar-refractivity contribution is 5.87. The SMILES string of the molecule is CC(C)(C)OC(=O)N/C(=C/C(N)=O)CCCc1ccccc1. The quantitative estimate of drug-likeness (QED) is 0.793. The zero-order valence-electron chi connectivity index (χ0n) is 13.4. The summed E-state index contributed by atoms with van der Waals surface area (Å²) in [6.07, 6.45) is 2.83. The minimum atomic E-state index is -0.592. The predicted octanol–water partition coefficient (Wildman–Crippen LogP) is 2.90. The second-order valence-corrected chi connectivity index (χ2v) is 6.04. The van der Waals surface area contributed by atoms with E-state index in [1.165, 1.54) is 11.6 Å². The topological polar surface area (TPSA) is 81.4 Å². The molecule has 5 heteroatoms. The molecule has 0 atom stereocenters. The van der Waals surface area contributed by atoms with Crippen LogP contribution in [0.4, 0.5) is 4.79 Å². The molecule has 3 N–H and O–H groups in total. The van der Waals surface area contributed by atoms with Gasteiger partial charge in [-0.05, 0) is 45.6 Å². The first kappa shape index (κ1) is 17.8. The number of nitrogens with one attached hydrogen (secondary N) is 1. The first-order valence-corrected chi connectivity index (χ1v) is 7.30. The number of rotatable bonds is 6. The molecule has 0 unspecified atom stereocenters. The minimum Gasteiger partial charge on any atom is -0.444 e. The van der Waals surface area contributed by atoms with Gasteiger partial charge in [-0.25, -0.2) is 4.79 Å². The van der Waals surface area contributed by atoms with Gasteiger partial charge in [-0.2, -0.15) is 0 Å². The summed E-state index contributed by atoms with van der Waals surface area (Å²) >= 11 is 0. The molecule has 1 aromatic carbocycles. The van der Waals surface area contributed by atoms with Crippen molar-refractivity contribution in [2.75, 3.05) is 0 Å². The number of hydrogen-bond acceptors (Lipinski definition) is 3. The summed E-state index contributed by atoms with van der Waals surface area (Å²) in [5.41, 5.74) is 6.26. The molecule has 0 heterocycles. The number of carbonyl (C=O) groups excluding carboxylic acids is 2. The fraction of sp³-hybridized carbons (Fsp3) is 0.412. The van der Waals surface area contributed by atoms with Crippen molar-refractivity contribution < 1.29 is 14.3 Å². The highest BCUT2D eigenvalue weighted by Crippen LogP contribution is 2.11. The maximum Gasteiger partial charge on any atom is 0.411 e. The maximum absolute atomic E-state index is 11.8. The molecule has 5 nitrogen and oxygen atoms in total. The monoisotopic (exact) mass is 304 g/mol. The Balaban J connectivity index is 2.55. The van der Waals surface area contributed by atoms with E-state index in [0.29, 0.717) is 12.1 Å². The highest BCUT2D eigenvalue weighted by Gasteiger charge is 2.17. The van der Waals surface area contributed by atoms with E-state index in [4.69, 9.17) is 10.5 Å². The van der Waals surface area contributed by atoms with Crippen LogP contribution in [-0.4, -0.2) is 17.6 Å². The van der Waals surface area contributed by atoms with Crippen LogP contribution in [0.15, 0.2) is 42.1 Å². The van der Waals surface area contributed by atoms with Crippen LogP contribution in [0, 0.1) is 0 Å². The normalized spacial score (nSPS) is 11.9. The van der Waals surface area contributed by atoms with Crippen LogP contribution in [0.25, 0.3) is 0 Å². The Hall–Kier alpha value is -2.30. The van der Waals surface area contributed by atoms with Crippen molar-refractivity contribution in [3.8, 4) is 0 Å². The van der Waals surface area contributed by atoms with E-state index in [2.05, 4.69) is 5.32 Å². The van der Waals surface area contributed by atoms with Gasteiger partial charge in [0, 0.05) is 11.8 Å². The van der Waals surface area contributed by atoms with Gasteiger partial charge in [-0.15, -0.1) is 0 Å². The van der Waals surface area contributed by atoms with Gasteiger partial charge in [0.05, 0.1) is 0 Å². The average molecular weight is 304 g/mol. The molecule has 22 heavy (non-hydrogen) atoms. The second kappa shape index (κ2) is 8.22. The molecule has 0 aromatic heterocycles. The Kier molecular flexibility index (Phi) is 6.63. The van der Waals surface area contributed by atoms with Gasteiger partial charge in [-0.1, -0.05) is 30.3 Å². The fourth-order valence-corrected chi connectivity index (χ4v) is 1.90. The molecule has 0 radical (unpaired) electrons. The van der Waals surface area contributed by atoms with E-state index in [1.54, 1.807) is 20.8 Å². The van der Waals surface area contributed by atoms with Gasteiger partial charge in [0.1, 0.15) is 5.60 Å². The molecule has 0 bridgehead atoms. The van der Waals surface area contributed by atoms with E-state index >= 15 is 0 Å². The molecule has 0 saturated heterocycles. The Morgan fingerprint density at radius 1 is 1.23 bits per heavy atom. The summed E-state index contributed by atoms with van der Waals surface area (Å²) in [6.45, 7) is 5.33. The first-order valence-electron chi connectivity index (χ1n) is 7.30. The fourth-order valence-electron chi connectivity index (χ4n) is 1.90. The van der Waals surface area contributed by atoms with Crippen molar-refractivity contribution in [2.45, 2.75) is 45.6 Å². The molecule has 0 spiro atoms. The lowest BCUT2D eigenvalue weighted by Crippen LogP contribution is -2.32. The van der Waals surface area contributed by atoms with Crippen LogP contribution in [0.3, 0.4) is 0 Å². The third-order valence-electron chi connectivity index (χ3n) is 2.73. The molecule has 0 aliphatic rings. The Morgan fingerprint density at radius 3 is 2.41 bits per heavy atom. The number of amides is 2. The molecule has 0 saturated carbocycles. The average Bonchev–Trinajstić information content (AvgIpc) is 2.36. The van der Waals surface area contributed by atoms with Crippen molar-refractivity contribution in [3.05, 3.63) is 47.7 Å². The number of hydrogen-bond donors (Lipinski definition) is 2. The molecule has 0 aliphatic carbocycles. The van der Waals surface area contributed by atoms with Gasteiger partial charge in [0.25, 0.3) is 0 Å². The zero-order valence-corrected chi connectivity index (χ0v) is 13.4. The van der Waals surface area contributed by atoms with Crippen molar-refractivity contribution >= 4 is 12.0 Å². The molecule has 0 aliphatic heterocycles. The lowest BCUT2D eigenvalue weighted by Gasteiger charge is -2.20. The molecular weight excluding hydrogens is 280 g/mol. The largest absolute Gasteiger partial charge is 0.444 e. The molecule has 1 aromatic rings. The summed E-state index contributed by atoms with van der Waals surface area (Å²) < 4.78 is 5.17. The van der Waals surface area contributed by atoms with Gasteiger partial charge in [0.15, 0.2) is 0 Å². The summed E-state index contributed by atoms with van der Waals surface area (Å²) in [5, 5.41) is 2.59. The third-order valence-corrected chi connectivity index (χ3v) is 2.73. The van der Waals surface area contributed by atoms with E-state index in [-0.39, 0.29) is 0 Å². The van der Waals surface area contributed by atoms with E-state index in [1.807, 2.05) is 30.3 Å². The Labute approximate surface area is 131 Å². The molecule has 1 rings (SSSR count). The highest BCUT2D eigenvalue weighted by atomic mass is 16.6. The molecule has 120 valence electrons. The van der Waals surface area contributed by atoms with Gasteiger partial charge in [-0.3, -0.25) is 10.1 Å². The first-order chi connectivity index (χ1) is 10.3. The summed E-state index contributed by atoms with van der Waals surface area (Å²) in [7, 11) is 0. The Bertz CT molecular complexity index is 531. The van der Waals surface area contributed by atoms with E-state index in [9.17, 15) is 9.59 Å². The van der Waals surface area contributed by atoms with Crippen LogP contribution < -0.4 is 11.1 Å². The molecular formula is C17H24N2O3.